The van der Waals surface area contributed by atoms with Crippen molar-refractivity contribution < 1.29 is 4.79 Å². The van der Waals surface area contributed by atoms with Crippen LogP contribution in [-0.4, -0.2) is 29.0 Å². The Morgan fingerprint density at radius 1 is 1.00 bits per heavy atom. The lowest BCUT2D eigenvalue weighted by atomic mass is 10.1. The molecule has 0 fully saturated rings. The molecular weight excluding hydrogens is 410 g/mol. The molecule has 0 saturated heterocycles. The van der Waals surface area contributed by atoms with E-state index in [2.05, 4.69) is 39.3 Å². The van der Waals surface area contributed by atoms with Gasteiger partial charge in [0, 0.05) is 42.0 Å². The molecule has 3 rings (SSSR count). The van der Waals surface area contributed by atoms with Gasteiger partial charge in [-0.15, -0.1) is 0 Å². The molecule has 31 heavy (non-hydrogen) atoms. The summed E-state index contributed by atoms with van der Waals surface area (Å²) in [5.41, 5.74) is 2.69. The summed E-state index contributed by atoms with van der Waals surface area (Å²) in [6, 6.07) is 17.1. The summed E-state index contributed by atoms with van der Waals surface area (Å²) in [4.78, 5) is 23.5. The van der Waals surface area contributed by atoms with Crippen LogP contribution >= 0.6 is 11.6 Å². The normalized spacial score (nSPS) is 10.6. The number of carbonyl (C=O) groups is 1. The van der Waals surface area contributed by atoms with Crippen molar-refractivity contribution in [3.63, 3.8) is 0 Å². The number of benzene rings is 2. The van der Waals surface area contributed by atoms with E-state index in [1.807, 2.05) is 61.5 Å². The zero-order valence-corrected chi connectivity index (χ0v) is 18.9. The topological polar surface area (TPSA) is 70.2 Å². The van der Waals surface area contributed by atoms with Gasteiger partial charge >= 0.3 is 0 Å². The van der Waals surface area contributed by atoms with Crippen LogP contribution in [-0.2, 0) is 11.2 Å². The van der Waals surface area contributed by atoms with E-state index in [0.29, 0.717) is 17.9 Å². The van der Waals surface area contributed by atoms with E-state index in [1.54, 1.807) is 0 Å². The molecule has 1 aromatic heterocycles. The van der Waals surface area contributed by atoms with Gasteiger partial charge in [0.15, 0.2) is 0 Å². The van der Waals surface area contributed by atoms with E-state index in [4.69, 9.17) is 11.6 Å². The molecule has 0 aliphatic rings. The average Bonchev–Trinajstić information content (AvgIpc) is 2.74. The smallest absolute Gasteiger partial charge is 0.224 e. The summed E-state index contributed by atoms with van der Waals surface area (Å²) < 4.78 is 0. The largest absolute Gasteiger partial charge is 0.357 e. The van der Waals surface area contributed by atoms with Crippen LogP contribution in [0.3, 0.4) is 0 Å². The number of aryl methyl sites for hydroxylation is 2. The molecule has 0 unspecified atom stereocenters. The first-order valence-corrected chi connectivity index (χ1v) is 10.9. The van der Waals surface area contributed by atoms with Gasteiger partial charge in [0.05, 0.1) is 0 Å². The monoisotopic (exact) mass is 437 g/mol. The van der Waals surface area contributed by atoms with Crippen molar-refractivity contribution in [1.29, 1.82) is 0 Å². The fraction of sp³-hybridized carbons (Fsp3) is 0.292. The van der Waals surface area contributed by atoms with Crippen LogP contribution in [0.5, 0.6) is 0 Å². The Morgan fingerprint density at radius 3 is 2.39 bits per heavy atom. The molecule has 2 aromatic carbocycles. The van der Waals surface area contributed by atoms with Gasteiger partial charge in [0.25, 0.3) is 0 Å². The van der Waals surface area contributed by atoms with Crippen molar-refractivity contribution in [3.05, 3.63) is 71.0 Å². The van der Waals surface area contributed by atoms with Gasteiger partial charge in [0.2, 0.25) is 5.91 Å². The first-order chi connectivity index (χ1) is 15.0. The maximum Gasteiger partial charge on any atom is 0.224 e. The van der Waals surface area contributed by atoms with Gasteiger partial charge in [0.1, 0.15) is 17.5 Å². The van der Waals surface area contributed by atoms with Gasteiger partial charge in [-0.25, -0.2) is 9.97 Å². The Hall–Kier alpha value is -3.12. The fourth-order valence-corrected chi connectivity index (χ4v) is 3.50. The lowest BCUT2D eigenvalue weighted by molar-refractivity contribution is -0.116. The van der Waals surface area contributed by atoms with E-state index in [1.165, 1.54) is 0 Å². The summed E-state index contributed by atoms with van der Waals surface area (Å²) >= 11 is 5.99. The van der Waals surface area contributed by atoms with Crippen molar-refractivity contribution in [3.8, 4) is 0 Å². The van der Waals surface area contributed by atoms with Gasteiger partial charge < -0.3 is 15.5 Å². The highest BCUT2D eigenvalue weighted by Gasteiger charge is 2.08. The highest BCUT2D eigenvalue weighted by atomic mass is 35.5. The number of hydrogen-bond acceptors (Lipinski definition) is 5. The molecule has 0 aliphatic carbocycles. The third kappa shape index (κ3) is 6.69. The minimum absolute atomic E-state index is 0.0315. The number of hydrogen-bond donors (Lipinski definition) is 2. The van der Waals surface area contributed by atoms with Crippen molar-refractivity contribution in [2.24, 2.45) is 0 Å². The predicted molar refractivity (Wildman–Crippen MR) is 128 cm³/mol. The van der Waals surface area contributed by atoms with Gasteiger partial charge in [-0.3, -0.25) is 4.79 Å². The fourth-order valence-electron chi connectivity index (χ4n) is 3.28. The summed E-state index contributed by atoms with van der Waals surface area (Å²) in [6.07, 6.45) is 1.04. The third-order valence-corrected chi connectivity index (χ3v) is 5.12. The molecule has 0 saturated carbocycles. The molecule has 0 bridgehead atoms. The van der Waals surface area contributed by atoms with Crippen LogP contribution in [0.2, 0.25) is 5.02 Å². The predicted octanol–water partition coefficient (Wildman–Crippen LogP) is 5.60. The number of amides is 1. The maximum atomic E-state index is 12.3. The summed E-state index contributed by atoms with van der Waals surface area (Å²) in [6.45, 7) is 7.88. The molecule has 0 radical (unpaired) electrons. The summed E-state index contributed by atoms with van der Waals surface area (Å²) in [7, 11) is 0. The number of rotatable bonds is 9. The van der Waals surface area contributed by atoms with Gasteiger partial charge in [-0.2, -0.15) is 0 Å². The molecule has 0 aliphatic heterocycles. The van der Waals surface area contributed by atoms with E-state index < -0.39 is 0 Å². The highest BCUT2D eigenvalue weighted by molar-refractivity contribution is 6.30. The summed E-state index contributed by atoms with van der Waals surface area (Å²) in [5.74, 6) is 2.34. The summed E-state index contributed by atoms with van der Waals surface area (Å²) in [5, 5.41) is 6.94. The van der Waals surface area contributed by atoms with Gasteiger partial charge in [-0.05, 0) is 69.2 Å². The molecule has 3 aromatic rings. The second-order valence-electron chi connectivity index (χ2n) is 7.21. The van der Waals surface area contributed by atoms with E-state index in [9.17, 15) is 4.79 Å². The van der Waals surface area contributed by atoms with Crippen LogP contribution in [0.1, 0.15) is 31.7 Å². The minimum Gasteiger partial charge on any atom is -0.357 e. The molecule has 6 nitrogen and oxygen atoms in total. The quantitative estimate of drug-likeness (QED) is 0.456. The van der Waals surface area contributed by atoms with Gasteiger partial charge in [-0.1, -0.05) is 23.7 Å². The molecular formula is C24H28ClN5O. The zero-order valence-electron chi connectivity index (χ0n) is 18.2. The van der Waals surface area contributed by atoms with Crippen LogP contribution < -0.4 is 15.5 Å². The Morgan fingerprint density at radius 2 is 1.71 bits per heavy atom. The van der Waals surface area contributed by atoms with E-state index in [-0.39, 0.29) is 5.91 Å². The first-order valence-electron chi connectivity index (χ1n) is 10.5. The second kappa shape index (κ2) is 10.8. The molecule has 7 heteroatoms. The van der Waals surface area contributed by atoms with Crippen LogP contribution in [0.15, 0.2) is 54.6 Å². The third-order valence-electron chi connectivity index (χ3n) is 4.88. The lowest BCUT2D eigenvalue weighted by Crippen LogP contribution is -2.23. The number of nitrogens with zero attached hydrogens (tertiary/aromatic N) is 3. The number of halogens is 1. The van der Waals surface area contributed by atoms with Crippen molar-refractivity contribution in [2.75, 3.05) is 28.6 Å². The first kappa shape index (κ1) is 22.6. The highest BCUT2D eigenvalue weighted by Crippen LogP contribution is 2.21. The van der Waals surface area contributed by atoms with Crippen LogP contribution in [0.4, 0.5) is 23.0 Å². The lowest BCUT2D eigenvalue weighted by Gasteiger charge is -2.20. The van der Waals surface area contributed by atoms with Crippen LogP contribution in [0.25, 0.3) is 0 Å². The number of anilines is 4. The molecule has 1 amide bonds. The molecule has 162 valence electrons. The number of nitrogens with one attached hydrogen (secondary N) is 2. The Bertz CT molecular complexity index is 1020. The van der Waals surface area contributed by atoms with Crippen LogP contribution in [0, 0.1) is 6.92 Å². The molecule has 0 spiro atoms. The van der Waals surface area contributed by atoms with E-state index in [0.717, 1.165) is 47.5 Å². The number of aromatic nitrogens is 2. The minimum atomic E-state index is -0.0315. The zero-order chi connectivity index (χ0) is 22.2. The average molecular weight is 438 g/mol. The van der Waals surface area contributed by atoms with Crippen molar-refractivity contribution >= 4 is 40.5 Å². The van der Waals surface area contributed by atoms with E-state index >= 15 is 0 Å². The Kier molecular flexibility index (Phi) is 7.84. The Labute approximate surface area is 188 Å². The Balaban J connectivity index is 1.58. The molecule has 0 atom stereocenters. The van der Waals surface area contributed by atoms with Crippen molar-refractivity contribution in [1.82, 2.24) is 9.97 Å². The molecule has 1 heterocycles. The SMILES string of the molecule is CCN(CC)c1cc(Nc2ccc(NC(=O)CCc3cccc(Cl)c3)cc2)nc(C)n1. The molecule has 2 N–H and O–H groups in total. The maximum absolute atomic E-state index is 12.3. The number of carbonyl (C=O) groups excluding carboxylic acids is 1. The standard InChI is InChI=1S/C24H28ClN5O/c1-4-30(5-2)23-16-22(26-17(3)27-23)28-20-10-12-21(13-11-20)29-24(31)14-9-18-7-6-8-19(25)15-18/h6-8,10-13,15-16H,4-5,9,14H2,1-3H3,(H,29,31)(H,26,27,28). The second-order valence-corrected chi connectivity index (χ2v) is 7.65. The van der Waals surface area contributed by atoms with Crippen molar-refractivity contribution in [2.45, 2.75) is 33.6 Å².